The summed E-state index contributed by atoms with van der Waals surface area (Å²) >= 11 is 6.66. The smallest absolute Gasteiger partial charge is 0.379 e. The Morgan fingerprint density at radius 1 is 1.24 bits per heavy atom. The minimum absolute atomic E-state index is 0.0170. The van der Waals surface area contributed by atoms with Crippen LogP contribution < -0.4 is 14.9 Å². The largest absolute Gasteiger partial charge is 0.477 e. The zero-order chi connectivity index (χ0) is 24.0. The molecule has 2 aromatic carbocycles. The Hall–Kier alpha value is -3.51. The predicted molar refractivity (Wildman–Crippen MR) is 125 cm³/mol. The van der Waals surface area contributed by atoms with Gasteiger partial charge in [0.05, 0.1) is 21.9 Å². The third-order valence-electron chi connectivity index (χ3n) is 4.02. The van der Waals surface area contributed by atoms with Crippen molar-refractivity contribution in [1.29, 1.82) is 0 Å². The fourth-order valence-corrected chi connectivity index (χ4v) is 3.90. The molecular formula is C21H15Br2N3O7. The highest BCUT2D eigenvalue weighted by Crippen LogP contribution is 2.33. The van der Waals surface area contributed by atoms with Crippen LogP contribution >= 0.6 is 31.9 Å². The van der Waals surface area contributed by atoms with Crippen LogP contribution in [-0.4, -0.2) is 29.6 Å². The van der Waals surface area contributed by atoms with E-state index in [4.69, 9.17) is 13.9 Å². The van der Waals surface area contributed by atoms with Crippen LogP contribution in [0.4, 0.5) is 5.69 Å². The van der Waals surface area contributed by atoms with Gasteiger partial charge >= 0.3 is 11.7 Å². The van der Waals surface area contributed by atoms with E-state index in [-0.39, 0.29) is 22.9 Å². The van der Waals surface area contributed by atoms with Gasteiger partial charge in [0, 0.05) is 16.1 Å². The molecule has 0 bridgehead atoms. The first-order valence-corrected chi connectivity index (χ1v) is 10.8. The molecule has 170 valence electrons. The fourth-order valence-electron chi connectivity index (χ4n) is 2.56. The molecule has 0 saturated heterocycles. The number of amides is 1. The van der Waals surface area contributed by atoms with Crippen LogP contribution in [0.15, 0.2) is 67.2 Å². The van der Waals surface area contributed by atoms with Gasteiger partial charge in [-0.2, -0.15) is 5.10 Å². The molecule has 0 saturated carbocycles. The van der Waals surface area contributed by atoms with Crippen molar-refractivity contribution in [3.05, 3.63) is 84.7 Å². The lowest BCUT2D eigenvalue weighted by Gasteiger charge is -2.09. The summed E-state index contributed by atoms with van der Waals surface area (Å²) in [6.07, 6.45) is 2.62. The zero-order valence-corrected chi connectivity index (χ0v) is 20.1. The van der Waals surface area contributed by atoms with Gasteiger partial charge in [-0.3, -0.25) is 14.9 Å². The number of benzene rings is 2. The normalized spacial score (nSPS) is 10.8. The Bertz CT molecular complexity index is 1230. The molecular weight excluding hydrogens is 566 g/mol. The van der Waals surface area contributed by atoms with Gasteiger partial charge in [0.2, 0.25) is 5.76 Å². The molecule has 0 aliphatic rings. The number of rotatable bonds is 8. The summed E-state index contributed by atoms with van der Waals surface area (Å²) < 4.78 is 16.8. The summed E-state index contributed by atoms with van der Waals surface area (Å²) in [5.74, 6) is -1.22. The van der Waals surface area contributed by atoms with Crippen molar-refractivity contribution in [2.45, 2.75) is 6.92 Å². The number of carbonyl (C=O) groups is 2. The quantitative estimate of drug-likeness (QED) is 0.133. The zero-order valence-electron chi connectivity index (χ0n) is 16.9. The van der Waals surface area contributed by atoms with E-state index in [0.717, 1.165) is 0 Å². The first-order valence-electron chi connectivity index (χ1n) is 9.19. The number of nitro benzene ring substituents is 1. The lowest BCUT2D eigenvalue weighted by atomic mass is 10.2. The number of hydrogen-bond donors (Lipinski definition) is 1. The van der Waals surface area contributed by atoms with Gasteiger partial charge in [-0.1, -0.05) is 22.0 Å². The molecule has 0 radical (unpaired) electrons. The molecule has 0 atom stereocenters. The molecule has 12 heteroatoms. The van der Waals surface area contributed by atoms with E-state index in [1.54, 1.807) is 31.2 Å². The second-order valence-corrected chi connectivity index (χ2v) is 8.25. The van der Waals surface area contributed by atoms with E-state index in [1.165, 1.54) is 30.7 Å². The van der Waals surface area contributed by atoms with Crippen molar-refractivity contribution in [3.8, 4) is 11.5 Å². The minimum atomic E-state index is -0.713. The molecule has 3 rings (SSSR count). The molecule has 1 N–H and O–H groups in total. The van der Waals surface area contributed by atoms with Gasteiger partial charge in [-0.15, -0.1) is 0 Å². The summed E-state index contributed by atoms with van der Waals surface area (Å²) in [6.45, 7) is 1.21. The highest BCUT2D eigenvalue weighted by molar-refractivity contribution is 9.11. The summed E-state index contributed by atoms with van der Waals surface area (Å²) in [5, 5.41) is 15.0. The number of hydrogen-bond acceptors (Lipinski definition) is 8. The predicted octanol–water partition coefficient (Wildman–Crippen LogP) is 4.77. The van der Waals surface area contributed by atoms with E-state index >= 15 is 0 Å². The molecule has 33 heavy (non-hydrogen) atoms. The third kappa shape index (κ3) is 6.49. The molecule has 10 nitrogen and oxygen atoms in total. The summed E-state index contributed by atoms with van der Waals surface area (Å²) in [7, 11) is 0. The Morgan fingerprint density at radius 3 is 2.73 bits per heavy atom. The van der Waals surface area contributed by atoms with Gasteiger partial charge in [-0.05, 0) is 58.7 Å². The summed E-state index contributed by atoms with van der Waals surface area (Å²) in [5.41, 5.74) is 3.07. The standard InChI is InChI=1S/C21H15Br2N3O7/c1-12-4-5-17(16(7-12)26(29)30)32-11-19(27)25-24-10-13-8-14(22)9-15(23)20(13)33-21(28)18-3-2-6-31-18/h2-10H,11H2,1H3,(H,25,27)/b24-10-. The van der Waals surface area contributed by atoms with E-state index in [9.17, 15) is 19.7 Å². The Labute approximate surface area is 204 Å². The highest BCUT2D eigenvalue weighted by Gasteiger charge is 2.18. The van der Waals surface area contributed by atoms with Crippen molar-refractivity contribution >= 4 is 55.6 Å². The minimum Gasteiger partial charge on any atom is -0.477 e. The van der Waals surface area contributed by atoms with Crippen LogP contribution in [0.25, 0.3) is 0 Å². The number of carbonyl (C=O) groups excluding carboxylic acids is 2. The van der Waals surface area contributed by atoms with Crippen molar-refractivity contribution in [1.82, 2.24) is 5.43 Å². The van der Waals surface area contributed by atoms with Crippen LogP contribution in [0.5, 0.6) is 11.5 Å². The van der Waals surface area contributed by atoms with Gasteiger partial charge in [0.1, 0.15) is 0 Å². The lowest BCUT2D eigenvalue weighted by Crippen LogP contribution is -2.24. The topological polar surface area (TPSA) is 133 Å². The van der Waals surface area contributed by atoms with Crippen LogP contribution in [0, 0.1) is 17.0 Å². The van der Waals surface area contributed by atoms with Gasteiger partial charge in [-0.25, -0.2) is 10.2 Å². The molecule has 1 aromatic heterocycles. The molecule has 0 aliphatic heterocycles. The number of hydrazone groups is 1. The summed E-state index contributed by atoms with van der Waals surface area (Å²) in [6, 6.07) is 10.7. The van der Waals surface area contributed by atoms with E-state index in [0.29, 0.717) is 20.1 Å². The van der Waals surface area contributed by atoms with Crippen molar-refractivity contribution in [2.75, 3.05) is 6.61 Å². The Balaban J connectivity index is 1.67. The van der Waals surface area contributed by atoms with Gasteiger partial charge in [0.15, 0.2) is 18.1 Å². The number of nitrogens with one attached hydrogen (secondary N) is 1. The van der Waals surface area contributed by atoms with E-state index in [2.05, 4.69) is 42.4 Å². The Kier molecular flexibility index (Phi) is 7.96. The second kappa shape index (κ2) is 10.9. The highest BCUT2D eigenvalue weighted by atomic mass is 79.9. The molecule has 0 aliphatic carbocycles. The van der Waals surface area contributed by atoms with Crippen molar-refractivity contribution in [3.63, 3.8) is 0 Å². The monoisotopic (exact) mass is 579 g/mol. The van der Waals surface area contributed by atoms with Crippen molar-refractivity contribution in [2.24, 2.45) is 5.10 Å². The van der Waals surface area contributed by atoms with Crippen LogP contribution in [0.2, 0.25) is 0 Å². The number of aryl methyl sites for hydroxylation is 1. The van der Waals surface area contributed by atoms with Crippen LogP contribution in [0.3, 0.4) is 0 Å². The summed E-state index contributed by atoms with van der Waals surface area (Å²) in [4.78, 5) is 34.9. The molecule has 1 amide bonds. The second-order valence-electron chi connectivity index (χ2n) is 6.48. The average Bonchev–Trinajstić information content (AvgIpc) is 3.30. The Morgan fingerprint density at radius 2 is 2.03 bits per heavy atom. The number of furan rings is 1. The van der Waals surface area contributed by atoms with Gasteiger partial charge < -0.3 is 13.9 Å². The average molecular weight is 581 g/mol. The molecule has 0 spiro atoms. The van der Waals surface area contributed by atoms with E-state index in [1.807, 2.05) is 0 Å². The van der Waals surface area contributed by atoms with Crippen LogP contribution in [-0.2, 0) is 4.79 Å². The fraction of sp³-hybridized carbons (Fsp3) is 0.0952. The number of esters is 1. The molecule has 1 heterocycles. The van der Waals surface area contributed by atoms with Crippen LogP contribution in [0.1, 0.15) is 21.7 Å². The first-order chi connectivity index (χ1) is 15.7. The maximum Gasteiger partial charge on any atom is 0.379 e. The molecule has 3 aromatic rings. The van der Waals surface area contributed by atoms with Crippen molar-refractivity contribution < 1.29 is 28.4 Å². The number of nitro groups is 1. The third-order valence-corrected chi connectivity index (χ3v) is 5.06. The SMILES string of the molecule is Cc1ccc(OCC(=O)N/N=C\c2cc(Br)cc(Br)c2OC(=O)c2ccco2)c([N+](=O)[O-])c1. The maximum absolute atomic E-state index is 12.2. The molecule has 0 unspecified atom stereocenters. The van der Waals surface area contributed by atoms with Gasteiger partial charge in [0.25, 0.3) is 5.91 Å². The lowest BCUT2D eigenvalue weighted by molar-refractivity contribution is -0.385. The molecule has 0 fully saturated rings. The maximum atomic E-state index is 12.2. The number of ether oxygens (including phenoxy) is 2. The first kappa shape index (κ1) is 24.1. The number of halogens is 2. The number of nitrogens with zero attached hydrogens (tertiary/aromatic N) is 2. The van der Waals surface area contributed by atoms with E-state index < -0.39 is 23.4 Å².